The fourth-order valence-electron chi connectivity index (χ4n) is 3.13. The second-order valence-electron chi connectivity index (χ2n) is 6.32. The molecule has 1 unspecified atom stereocenters. The Morgan fingerprint density at radius 1 is 1.30 bits per heavy atom. The monoisotopic (exact) mass is 439 g/mol. The summed E-state index contributed by atoms with van der Waals surface area (Å²) < 4.78 is 29.6. The van der Waals surface area contributed by atoms with Crippen molar-refractivity contribution in [2.75, 3.05) is 11.5 Å². The molecule has 0 bridgehead atoms. The van der Waals surface area contributed by atoms with E-state index < -0.39 is 9.84 Å². The average molecular weight is 440 g/mol. The minimum Gasteiger partial charge on any atom is -0.457 e. The molecule has 0 saturated carbocycles. The Balaban J connectivity index is 1.57. The topological polar surface area (TPSA) is 67.6 Å². The summed E-state index contributed by atoms with van der Waals surface area (Å²) in [6.07, 6.45) is 2.05. The van der Waals surface area contributed by atoms with Crippen molar-refractivity contribution in [2.45, 2.75) is 12.5 Å². The van der Waals surface area contributed by atoms with E-state index in [1.165, 1.54) is 4.90 Å². The lowest BCUT2D eigenvalue weighted by atomic mass is 10.2. The minimum absolute atomic E-state index is 0.0353. The van der Waals surface area contributed by atoms with Crippen LogP contribution in [0.2, 0.25) is 5.02 Å². The first-order chi connectivity index (χ1) is 12.8. The summed E-state index contributed by atoms with van der Waals surface area (Å²) in [4.78, 5) is 14.6. The summed E-state index contributed by atoms with van der Waals surface area (Å²) in [5.41, 5.74) is 0.839. The predicted octanol–water partition coefficient (Wildman–Crippen LogP) is 3.99. The highest BCUT2D eigenvalue weighted by Gasteiger charge is 2.42. The molecule has 27 heavy (non-hydrogen) atoms. The summed E-state index contributed by atoms with van der Waals surface area (Å²) in [7, 11) is -3.10. The van der Waals surface area contributed by atoms with Crippen LogP contribution in [0.15, 0.2) is 45.7 Å². The van der Waals surface area contributed by atoms with Gasteiger partial charge >= 0.3 is 0 Å². The van der Waals surface area contributed by atoms with E-state index in [-0.39, 0.29) is 23.5 Å². The Kier molecular flexibility index (Phi) is 4.92. The van der Waals surface area contributed by atoms with Gasteiger partial charge in [0, 0.05) is 16.7 Å². The SMILES string of the molecule is O=C1/C(=C\c2ccc(-c3cccc(Cl)c3)o2)SC(=S)N1C1CCS(=O)(=O)C1. The van der Waals surface area contributed by atoms with Gasteiger partial charge < -0.3 is 4.42 Å². The van der Waals surface area contributed by atoms with Gasteiger partial charge in [0.1, 0.15) is 15.8 Å². The number of carbonyl (C=O) groups is 1. The number of furan rings is 1. The third kappa shape index (κ3) is 3.85. The molecule has 2 aliphatic heterocycles. The van der Waals surface area contributed by atoms with E-state index in [1.54, 1.807) is 24.3 Å². The molecule has 0 radical (unpaired) electrons. The maximum atomic E-state index is 12.7. The zero-order valence-corrected chi connectivity index (χ0v) is 17.1. The average Bonchev–Trinajstić information content (AvgIpc) is 3.27. The van der Waals surface area contributed by atoms with Crippen LogP contribution < -0.4 is 0 Å². The Bertz CT molecular complexity index is 1070. The molecule has 1 amide bonds. The number of rotatable bonds is 3. The van der Waals surface area contributed by atoms with E-state index in [0.29, 0.717) is 32.2 Å². The Morgan fingerprint density at radius 3 is 2.81 bits per heavy atom. The van der Waals surface area contributed by atoms with Crippen molar-refractivity contribution in [2.24, 2.45) is 0 Å². The zero-order valence-electron chi connectivity index (χ0n) is 13.9. The van der Waals surface area contributed by atoms with Crippen molar-refractivity contribution < 1.29 is 17.6 Å². The summed E-state index contributed by atoms with van der Waals surface area (Å²) >= 11 is 12.5. The number of amides is 1. The Hall–Kier alpha value is -1.61. The number of thiocarbonyl (C=S) groups is 1. The maximum Gasteiger partial charge on any atom is 0.266 e. The Morgan fingerprint density at radius 2 is 2.11 bits per heavy atom. The van der Waals surface area contributed by atoms with E-state index in [4.69, 9.17) is 28.2 Å². The van der Waals surface area contributed by atoms with Crippen LogP contribution in [-0.4, -0.2) is 41.1 Å². The lowest BCUT2D eigenvalue weighted by molar-refractivity contribution is -0.123. The van der Waals surface area contributed by atoms with Crippen molar-refractivity contribution >= 4 is 61.7 Å². The van der Waals surface area contributed by atoms with Crippen LogP contribution in [0, 0.1) is 0 Å². The van der Waals surface area contributed by atoms with Crippen LogP contribution in [0.3, 0.4) is 0 Å². The highest BCUT2D eigenvalue weighted by molar-refractivity contribution is 8.26. The molecule has 2 saturated heterocycles. The predicted molar refractivity (Wildman–Crippen MR) is 111 cm³/mol. The van der Waals surface area contributed by atoms with E-state index >= 15 is 0 Å². The van der Waals surface area contributed by atoms with Gasteiger partial charge in [0.25, 0.3) is 5.91 Å². The molecular formula is C18H14ClNO4S3. The van der Waals surface area contributed by atoms with Gasteiger partial charge in [0.05, 0.1) is 22.5 Å². The zero-order chi connectivity index (χ0) is 19.2. The quantitative estimate of drug-likeness (QED) is 0.532. The fourth-order valence-corrected chi connectivity index (χ4v) is 6.40. The van der Waals surface area contributed by atoms with Crippen molar-refractivity contribution in [3.63, 3.8) is 0 Å². The van der Waals surface area contributed by atoms with Gasteiger partial charge in [0.15, 0.2) is 9.84 Å². The second-order valence-corrected chi connectivity index (χ2v) is 10.7. The molecule has 5 nitrogen and oxygen atoms in total. The number of hydrogen-bond donors (Lipinski definition) is 0. The molecule has 1 atom stereocenters. The molecule has 0 N–H and O–H groups in total. The van der Waals surface area contributed by atoms with Gasteiger partial charge in [-0.1, -0.05) is 47.7 Å². The molecule has 4 rings (SSSR count). The molecule has 9 heteroatoms. The summed E-state index contributed by atoms with van der Waals surface area (Å²) in [5, 5.41) is 0.609. The van der Waals surface area contributed by atoms with Gasteiger partial charge in [-0.25, -0.2) is 8.42 Å². The van der Waals surface area contributed by atoms with Gasteiger partial charge in [-0.15, -0.1) is 0 Å². The summed E-state index contributed by atoms with van der Waals surface area (Å²) in [6, 6.07) is 10.5. The van der Waals surface area contributed by atoms with Crippen LogP contribution >= 0.6 is 35.6 Å². The largest absolute Gasteiger partial charge is 0.457 e. The van der Waals surface area contributed by atoms with Crippen molar-refractivity contribution in [3.8, 4) is 11.3 Å². The van der Waals surface area contributed by atoms with Gasteiger partial charge in [0.2, 0.25) is 0 Å². The lowest BCUT2D eigenvalue weighted by Crippen LogP contribution is -2.39. The molecule has 2 aromatic rings. The molecule has 3 heterocycles. The van der Waals surface area contributed by atoms with Crippen LogP contribution in [0.4, 0.5) is 0 Å². The molecule has 2 aliphatic rings. The fraction of sp³-hybridized carbons (Fsp3) is 0.222. The summed E-state index contributed by atoms with van der Waals surface area (Å²) in [6.45, 7) is 0. The molecule has 1 aromatic carbocycles. The number of nitrogens with zero attached hydrogens (tertiary/aromatic N) is 1. The number of sulfone groups is 1. The number of benzene rings is 1. The first kappa shape index (κ1) is 18.7. The third-order valence-corrected chi connectivity index (χ3v) is 7.72. The minimum atomic E-state index is -3.10. The number of hydrogen-bond acceptors (Lipinski definition) is 6. The normalized spacial score (nSPS) is 23.5. The Labute approximate surface area is 171 Å². The molecule has 2 fully saturated rings. The van der Waals surface area contributed by atoms with Crippen LogP contribution in [0.1, 0.15) is 12.2 Å². The van der Waals surface area contributed by atoms with Crippen LogP contribution in [0.5, 0.6) is 0 Å². The smallest absolute Gasteiger partial charge is 0.266 e. The van der Waals surface area contributed by atoms with Crippen molar-refractivity contribution in [1.29, 1.82) is 0 Å². The van der Waals surface area contributed by atoms with E-state index in [0.717, 1.165) is 17.3 Å². The number of thioether (sulfide) groups is 1. The maximum absolute atomic E-state index is 12.7. The van der Waals surface area contributed by atoms with E-state index in [9.17, 15) is 13.2 Å². The van der Waals surface area contributed by atoms with Crippen LogP contribution in [-0.2, 0) is 14.6 Å². The summed E-state index contributed by atoms with van der Waals surface area (Å²) in [5.74, 6) is 0.944. The number of carbonyl (C=O) groups excluding carboxylic acids is 1. The third-order valence-electron chi connectivity index (χ3n) is 4.41. The van der Waals surface area contributed by atoms with Crippen molar-refractivity contribution in [1.82, 2.24) is 4.90 Å². The molecular weight excluding hydrogens is 426 g/mol. The first-order valence-corrected chi connectivity index (χ1v) is 11.6. The highest BCUT2D eigenvalue weighted by Crippen LogP contribution is 2.37. The number of halogens is 1. The van der Waals surface area contributed by atoms with E-state index in [2.05, 4.69) is 0 Å². The molecule has 0 aliphatic carbocycles. The molecule has 140 valence electrons. The van der Waals surface area contributed by atoms with Crippen LogP contribution in [0.25, 0.3) is 17.4 Å². The molecule has 0 spiro atoms. The second kappa shape index (κ2) is 7.09. The molecule has 1 aromatic heterocycles. The van der Waals surface area contributed by atoms with Gasteiger partial charge in [-0.3, -0.25) is 9.69 Å². The lowest BCUT2D eigenvalue weighted by Gasteiger charge is -2.20. The standard InChI is InChI=1S/C18H14ClNO4S3/c19-12-3-1-2-11(8-12)15-5-4-14(24-15)9-16-17(21)20(18(25)26-16)13-6-7-27(22,23)10-13/h1-5,8-9,13H,6-7,10H2/b16-9+. The van der Waals surface area contributed by atoms with E-state index in [1.807, 2.05) is 18.2 Å². The van der Waals surface area contributed by atoms with Gasteiger partial charge in [-0.2, -0.15) is 0 Å². The van der Waals surface area contributed by atoms with Gasteiger partial charge in [-0.05, 0) is 30.7 Å². The highest BCUT2D eigenvalue weighted by atomic mass is 35.5. The first-order valence-electron chi connectivity index (χ1n) is 8.16. The van der Waals surface area contributed by atoms with Crippen molar-refractivity contribution in [3.05, 3.63) is 52.1 Å².